The molecule has 2 aromatic carbocycles. The lowest BCUT2D eigenvalue weighted by atomic mass is 10.1. The molecule has 0 aromatic heterocycles. The third-order valence-electron chi connectivity index (χ3n) is 3.79. The Morgan fingerprint density at radius 1 is 1.03 bits per heavy atom. The first-order chi connectivity index (χ1) is 14.2. The van der Waals surface area contributed by atoms with Crippen LogP contribution in [-0.4, -0.2) is 39.4 Å². The Kier molecular flexibility index (Phi) is 8.95. The van der Waals surface area contributed by atoms with Crippen molar-refractivity contribution >= 4 is 5.91 Å². The van der Waals surface area contributed by atoms with Crippen LogP contribution in [0, 0.1) is 24.7 Å². The van der Waals surface area contributed by atoms with E-state index >= 15 is 0 Å². The molecular formula is C23H23NO5. The molecule has 1 unspecified atom stereocenters. The number of methoxy groups -OCH3 is 1. The van der Waals surface area contributed by atoms with Crippen molar-refractivity contribution in [3.8, 4) is 41.9 Å². The first kappa shape index (κ1) is 21.7. The fourth-order valence-electron chi connectivity index (χ4n) is 2.49. The van der Waals surface area contributed by atoms with E-state index in [0.29, 0.717) is 23.8 Å². The van der Waals surface area contributed by atoms with Gasteiger partial charge in [-0.25, -0.2) is 0 Å². The molecule has 0 saturated carbocycles. The molecule has 2 rings (SSSR count). The van der Waals surface area contributed by atoms with Crippen molar-refractivity contribution < 1.29 is 23.7 Å². The van der Waals surface area contributed by atoms with Crippen LogP contribution in [0.1, 0.15) is 11.7 Å². The second-order valence-corrected chi connectivity index (χ2v) is 5.75. The molecule has 150 valence electrons. The quantitative estimate of drug-likeness (QED) is 0.470. The van der Waals surface area contributed by atoms with Crippen LogP contribution < -0.4 is 19.5 Å². The Hall–Kier alpha value is -3.61. The SMILES string of the molecule is C#CCOc1ccc(OCCNC(=O)C(OCC#C)c2ccccc2)cc1OC. The predicted octanol–water partition coefficient (Wildman–Crippen LogP) is 2.59. The van der Waals surface area contributed by atoms with E-state index in [1.54, 1.807) is 18.2 Å². The van der Waals surface area contributed by atoms with E-state index < -0.39 is 6.10 Å². The molecule has 1 amide bonds. The molecular weight excluding hydrogens is 370 g/mol. The van der Waals surface area contributed by atoms with Gasteiger partial charge in [0.25, 0.3) is 5.91 Å². The van der Waals surface area contributed by atoms with Gasteiger partial charge in [-0.2, -0.15) is 0 Å². The van der Waals surface area contributed by atoms with Crippen molar-refractivity contribution in [1.82, 2.24) is 5.32 Å². The molecule has 29 heavy (non-hydrogen) atoms. The largest absolute Gasteiger partial charge is 0.493 e. The molecule has 1 atom stereocenters. The number of hydrogen-bond donors (Lipinski definition) is 1. The van der Waals surface area contributed by atoms with Crippen LogP contribution in [-0.2, 0) is 9.53 Å². The summed E-state index contributed by atoms with van der Waals surface area (Å²) >= 11 is 0. The van der Waals surface area contributed by atoms with Gasteiger partial charge in [0.1, 0.15) is 25.6 Å². The van der Waals surface area contributed by atoms with Gasteiger partial charge < -0.3 is 24.3 Å². The summed E-state index contributed by atoms with van der Waals surface area (Å²) in [6.45, 7) is 0.736. The summed E-state index contributed by atoms with van der Waals surface area (Å²) in [5.41, 5.74) is 0.730. The van der Waals surface area contributed by atoms with Crippen LogP contribution in [0.25, 0.3) is 0 Å². The summed E-state index contributed by atoms with van der Waals surface area (Å²) in [7, 11) is 1.53. The third kappa shape index (κ3) is 6.80. The summed E-state index contributed by atoms with van der Waals surface area (Å²) in [5.74, 6) is 6.11. The van der Waals surface area contributed by atoms with Gasteiger partial charge in [-0.1, -0.05) is 42.2 Å². The fourth-order valence-corrected chi connectivity index (χ4v) is 2.49. The Balaban J connectivity index is 1.87. The zero-order valence-corrected chi connectivity index (χ0v) is 16.2. The van der Waals surface area contributed by atoms with Crippen molar-refractivity contribution in [2.45, 2.75) is 6.10 Å². The van der Waals surface area contributed by atoms with Gasteiger partial charge in [0.05, 0.1) is 13.7 Å². The molecule has 0 saturated heterocycles. The zero-order valence-electron chi connectivity index (χ0n) is 16.2. The van der Waals surface area contributed by atoms with Gasteiger partial charge in [-0.05, 0) is 17.7 Å². The standard InChI is InChI=1S/C23H23NO5/c1-4-14-28-20-12-11-19(17-21(20)26-3)27-16-13-24-23(25)22(29-15-5-2)18-9-7-6-8-10-18/h1-2,6-12,17,22H,13-16H2,3H3,(H,24,25). The molecule has 2 aromatic rings. The van der Waals surface area contributed by atoms with Gasteiger partial charge in [-0.15, -0.1) is 12.8 Å². The highest BCUT2D eigenvalue weighted by Gasteiger charge is 2.20. The van der Waals surface area contributed by atoms with E-state index in [0.717, 1.165) is 5.56 Å². The number of rotatable bonds is 11. The molecule has 0 radical (unpaired) electrons. The van der Waals surface area contributed by atoms with Crippen LogP contribution in [0.4, 0.5) is 0 Å². The van der Waals surface area contributed by atoms with E-state index in [1.807, 2.05) is 30.3 Å². The Morgan fingerprint density at radius 3 is 2.48 bits per heavy atom. The summed E-state index contributed by atoms with van der Waals surface area (Å²) in [4.78, 5) is 12.5. The zero-order chi connectivity index (χ0) is 20.9. The molecule has 0 aliphatic carbocycles. The highest BCUT2D eigenvalue weighted by Crippen LogP contribution is 2.31. The summed E-state index contributed by atoms with van der Waals surface area (Å²) in [6.07, 6.45) is 9.66. The molecule has 0 spiro atoms. The van der Waals surface area contributed by atoms with Gasteiger partial charge in [0, 0.05) is 6.07 Å². The molecule has 6 heteroatoms. The first-order valence-corrected chi connectivity index (χ1v) is 8.94. The number of carbonyl (C=O) groups excluding carboxylic acids is 1. The number of carbonyl (C=O) groups is 1. The lowest BCUT2D eigenvalue weighted by molar-refractivity contribution is -0.132. The van der Waals surface area contributed by atoms with Crippen molar-refractivity contribution in [1.29, 1.82) is 0 Å². The number of benzene rings is 2. The monoisotopic (exact) mass is 393 g/mol. The van der Waals surface area contributed by atoms with Crippen LogP contribution in [0.3, 0.4) is 0 Å². The summed E-state index contributed by atoms with van der Waals surface area (Å²) in [5, 5.41) is 2.79. The first-order valence-electron chi connectivity index (χ1n) is 8.94. The minimum atomic E-state index is -0.778. The van der Waals surface area contributed by atoms with Crippen LogP contribution >= 0.6 is 0 Å². The maximum Gasteiger partial charge on any atom is 0.253 e. The average molecular weight is 393 g/mol. The molecule has 0 fully saturated rings. The van der Waals surface area contributed by atoms with Crippen LogP contribution in [0.15, 0.2) is 48.5 Å². The lowest BCUT2D eigenvalue weighted by Gasteiger charge is -2.17. The number of ether oxygens (including phenoxy) is 4. The topological polar surface area (TPSA) is 66.0 Å². The smallest absolute Gasteiger partial charge is 0.253 e. The molecule has 0 aliphatic heterocycles. The summed E-state index contributed by atoms with van der Waals surface area (Å²) in [6, 6.07) is 14.3. The predicted molar refractivity (Wildman–Crippen MR) is 110 cm³/mol. The van der Waals surface area contributed by atoms with Gasteiger partial charge in [0.15, 0.2) is 17.6 Å². The van der Waals surface area contributed by atoms with E-state index in [1.165, 1.54) is 7.11 Å². The maximum atomic E-state index is 12.5. The number of terminal acetylenes is 2. The molecule has 0 aliphatic rings. The normalized spacial score (nSPS) is 10.9. The van der Waals surface area contributed by atoms with Crippen molar-refractivity contribution in [3.05, 3.63) is 54.1 Å². The Bertz CT molecular complexity index is 867. The molecule has 0 heterocycles. The molecule has 1 N–H and O–H groups in total. The van der Waals surface area contributed by atoms with Crippen LogP contribution in [0.2, 0.25) is 0 Å². The van der Waals surface area contributed by atoms with Gasteiger partial charge in [0.2, 0.25) is 0 Å². The Labute approximate surface area is 171 Å². The lowest BCUT2D eigenvalue weighted by Crippen LogP contribution is -2.34. The molecule has 6 nitrogen and oxygen atoms in total. The minimum absolute atomic E-state index is 0.0391. The highest BCUT2D eigenvalue weighted by molar-refractivity contribution is 5.82. The van der Waals surface area contributed by atoms with Crippen molar-refractivity contribution in [3.63, 3.8) is 0 Å². The number of hydrogen-bond acceptors (Lipinski definition) is 5. The highest BCUT2D eigenvalue weighted by atomic mass is 16.5. The van der Waals surface area contributed by atoms with E-state index in [-0.39, 0.29) is 25.7 Å². The third-order valence-corrected chi connectivity index (χ3v) is 3.79. The molecule has 0 bridgehead atoms. The summed E-state index contributed by atoms with van der Waals surface area (Å²) < 4.78 is 21.8. The van der Waals surface area contributed by atoms with Gasteiger partial charge >= 0.3 is 0 Å². The number of nitrogens with one attached hydrogen (secondary N) is 1. The van der Waals surface area contributed by atoms with E-state index in [4.69, 9.17) is 31.8 Å². The second-order valence-electron chi connectivity index (χ2n) is 5.75. The average Bonchev–Trinajstić information content (AvgIpc) is 2.76. The minimum Gasteiger partial charge on any atom is -0.493 e. The van der Waals surface area contributed by atoms with Crippen molar-refractivity contribution in [2.75, 3.05) is 33.5 Å². The Morgan fingerprint density at radius 2 is 1.79 bits per heavy atom. The maximum absolute atomic E-state index is 12.5. The second kappa shape index (κ2) is 12.0. The van der Waals surface area contributed by atoms with E-state index in [2.05, 4.69) is 17.2 Å². The van der Waals surface area contributed by atoms with Gasteiger partial charge in [-0.3, -0.25) is 4.79 Å². The van der Waals surface area contributed by atoms with Crippen molar-refractivity contribution in [2.24, 2.45) is 0 Å². The van der Waals surface area contributed by atoms with Crippen LogP contribution in [0.5, 0.6) is 17.2 Å². The van der Waals surface area contributed by atoms with E-state index in [9.17, 15) is 4.79 Å². The number of amides is 1. The fraction of sp³-hybridized carbons (Fsp3) is 0.261.